The van der Waals surface area contributed by atoms with Crippen LogP contribution >= 0.6 is 0 Å². The number of alkyl halides is 3. The van der Waals surface area contributed by atoms with Crippen LogP contribution in [-0.4, -0.2) is 83.1 Å². The number of halogens is 3. The van der Waals surface area contributed by atoms with Crippen LogP contribution in [0.5, 0.6) is 5.75 Å². The van der Waals surface area contributed by atoms with Crippen molar-refractivity contribution in [3.8, 4) is 16.9 Å². The molecule has 1 fully saturated rings. The molecule has 0 aliphatic carbocycles. The Labute approximate surface area is 259 Å². The molecule has 5 rings (SSSR count). The van der Waals surface area contributed by atoms with Gasteiger partial charge in [-0.05, 0) is 62.2 Å². The Hall–Kier alpha value is -4.36. The first kappa shape index (κ1) is 32.0. The van der Waals surface area contributed by atoms with E-state index in [0.717, 1.165) is 27.9 Å². The van der Waals surface area contributed by atoms with Gasteiger partial charge in [-0.25, -0.2) is 4.98 Å². The Morgan fingerprint density at radius 1 is 1.13 bits per heavy atom. The first-order chi connectivity index (χ1) is 21.4. The van der Waals surface area contributed by atoms with Gasteiger partial charge in [-0.1, -0.05) is 0 Å². The Kier molecular flexibility index (Phi) is 9.21. The number of fused-ring (bicyclic) bond motifs is 1. The van der Waals surface area contributed by atoms with Crippen molar-refractivity contribution in [2.75, 3.05) is 52.2 Å². The number of pyridine rings is 3. The van der Waals surface area contributed by atoms with Crippen LogP contribution in [0.15, 0.2) is 47.5 Å². The number of nitrogens with one attached hydrogen (secondary N) is 3. The molecular weight excluding hydrogens is 587 g/mol. The van der Waals surface area contributed by atoms with E-state index >= 15 is 0 Å². The Balaban J connectivity index is 1.54. The van der Waals surface area contributed by atoms with Crippen molar-refractivity contribution in [1.29, 1.82) is 0 Å². The SMILES string of the molecule is CNc1cc(-c2ccn3c([C@H](C)N4CCN(CC(F)(F)F)CC4)c(C)c(C(=O)NCc4c(OC)cc(C)[nH]c4=O)cc23)ccn1. The topological polar surface area (TPSA) is 107 Å². The summed E-state index contributed by atoms with van der Waals surface area (Å²) < 4.78 is 46.5. The number of amides is 1. The van der Waals surface area contributed by atoms with Crippen LogP contribution in [-0.2, 0) is 6.54 Å². The zero-order valence-corrected chi connectivity index (χ0v) is 26.0. The van der Waals surface area contributed by atoms with Crippen molar-refractivity contribution in [2.24, 2.45) is 0 Å². The zero-order valence-electron chi connectivity index (χ0n) is 26.0. The molecule has 0 unspecified atom stereocenters. The number of anilines is 1. The van der Waals surface area contributed by atoms with Crippen molar-refractivity contribution in [2.45, 2.75) is 39.5 Å². The number of aryl methyl sites for hydroxylation is 1. The number of methoxy groups -OCH3 is 1. The molecule has 1 aliphatic heterocycles. The van der Waals surface area contributed by atoms with Crippen LogP contribution in [0.2, 0.25) is 0 Å². The summed E-state index contributed by atoms with van der Waals surface area (Å²) in [7, 11) is 3.26. The molecule has 5 heterocycles. The van der Waals surface area contributed by atoms with Gasteiger partial charge in [-0.2, -0.15) is 13.2 Å². The second-order valence-electron chi connectivity index (χ2n) is 11.3. The van der Waals surface area contributed by atoms with Gasteiger partial charge in [0.1, 0.15) is 11.6 Å². The average molecular weight is 626 g/mol. The highest BCUT2D eigenvalue weighted by molar-refractivity contribution is 5.98. The summed E-state index contributed by atoms with van der Waals surface area (Å²) >= 11 is 0. The number of piperazine rings is 1. The number of H-pyrrole nitrogens is 1. The van der Waals surface area contributed by atoms with Crippen LogP contribution in [0.1, 0.15) is 45.8 Å². The molecule has 45 heavy (non-hydrogen) atoms. The minimum atomic E-state index is -4.24. The minimum Gasteiger partial charge on any atom is -0.496 e. The molecule has 240 valence electrons. The largest absolute Gasteiger partial charge is 0.496 e. The monoisotopic (exact) mass is 625 g/mol. The van der Waals surface area contributed by atoms with Crippen LogP contribution in [0.25, 0.3) is 16.6 Å². The third-order valence-corrected chi connectivity index (χ3v) is 8.45. The lowest BCUT2D eigenvalue weighted by Gasteiger charge is -2.39. The van der Waals surface area contributed by atoms with E-state index in [-0.39, 0.29) is 24.1 Å². The molecule has 1 amide bonds. The number of hydrogen-bond donors (Lipinski definition) is 3. The molecule has 3 N–H and O–H groups in total. The van der Waals surface area contributed by atoms with Crippen LogP contribution in [0.4, 0.5) is 19.0 Å². The fraction of sp³-hybridized carbons (Fsp3) is 0.406. The smallest absolute Gasteiger partial charge is 0.401 e. The molecule has 13 heteroatoms. The Bertz CT molecular complexity index is 1760. The quantitative estimate of drug-likeness (QED) is 0.251. The molecule has 1 aliphatic rings. The molecule has 1 saturated heterocycles. The maximum atomic E-state index is 13.8. The van der Waals surface area contributed by atoms with E-state index in [1.807, 2.05) is 44.3 Å². The number of rotatable bonds is 9. The van der Waals surface area contributed by atoms with Gasteiger partial charge in [0.15, 0.2) is 0 Å². The predicted octanol–water partition coefficient (Wildman–Crippen LogP) is 4.53. The lowest BCUT2D eigenvalue weighted by atomic mass is 9.99. The van der Waals surface area contributed by atoms with Gasteiger partial charge in [-0.15, -0.1) is 0 Å². The fourth-order valence-electron chi connectivity index (χ4n) is 6.13. The third kappa shape index (κ3) is 6.84. The molecule has 10 nitrogen and oxygen atoms in total. The summed E-state index contributed by atoms with van der Waals surface area (Å²) in [6.07, 6.45) is -0.572. The molecule has 4 aromatic rings. The second-order valence-corrected chi connectivity index (χ2v) is 11.3. The van der Waals surface area contributed by atoms with E-state index in [4.69, 9.17) is 4.74 Å². The van der Waals surface area contributed by atoms with E-state index in [9.17, 15) is 22.8 Å². The molecule has 1 atom stereocenters. The number of ether oxygens (including phenoxy) is 1. The summed E-state index contributed by atoms with van der Waals surface area (Å²) in [6, 6.07) is 9.14. The molecule has 4 aromatic heterocycles. The van der Waals surface area contributed by atoms with E-state index < -0.39 is 12.7 Å². The van der Waals surface area contributed by atoms with Crippen LogP contribution < -0.4 is 20.9 Å². The number of carbonyl (C=O) groups is 1. The van der Waals surface area contributed by atoms with E-state index in [1.165, 1.54) is 12.0 Å². The average Bonchev–Trinajstić information content (AvgIpc) is 3.42. The summed E-state index contributed by atoms with van der Waals surface area (Å²) in [4.78, 5) is 37.2. The molecule has 0 bridgehead atoms. The summed E-state index contributed by atoms with van der Waals surface area (Å²) in [5, 5.41) is 5.96. The maximum Gasteiger partial charge on any atom is 0.401 e. The van der Waals surface area contributed by atoms with Crippen molar-refractivity contribution >= 4 is 17.2 Å². The fourth-order valence-corrected chi connectivity index (χ4v) is 6.13. The van der Waals surface area contributed by atoms with Crippen molar-refractivity contribution in [1.82, 2.24) is 29.5 Å². The second kappa shape index (κ2) is 12.9. The predicted molar refractivity (Wildman–Crippen MR) is 167 cm³/mol. The number of carbonyl (C=O) groups excluding carboxylic acids is 1. The molecule has 0 saturated carbocycles. The first-order valence-corrected chi connectivity index (χ1v) is 14.8. The van der Waals surface area contributed by atoms with Gasteiger partial charge in [0.05, 0.1) is 31.3 Å². The standard InChI is InChI=1S/C32H38F3N7O3/c1-19-14-27(45-5)25(31(44)39-19)17-38-30(43)24-16-26-23(22-6-8-37-28(15-22)36-4)7-9-42(26)29(20(24)2)21(3)41-12-10-40(11-13-41)18-32(33,34)35/h6-9,14-16,21H,10-13,17-18H2,1-5H3,(H,36,37)(H,38,43)(H,39,44)/t21-/m0/s1. The van der Waals surface area contributed by atoms with Crippen LogP contribution in [0, 0.1) is 13.8 Å². The Morgan fingerprint density at radius 3 is 2.53 bits per heavy atom. The number of nitrogens with zero attached hydrogens (tertiary/aromatic N) is 4. The van der Waals surface area contributed by atoms with E-state index in [2.05, 4.69) is 29.9 Å². The number of hydrogen-bond acceptors (Lipinski definition) is 7. The third-order valence-electron chi connectivity index (χ3n) is 8.45. The van der Waals surface area contributed by atoms with E-state index in [0.29, 0.717) is 54.6 Å². The highest BCUT2D eigenvalue weighted by Crippen LogP contribution is 2.34. The number of aromatic amines is 1. The van der Waals surface area contributed by atoms with Crippen LogP contribution in [0.3, 0.4) is 0 Å². The van der Waals surface area contributed by atoms with Gasteiger partial charge in [-0.3, -0.25) is 19.4 Å². The molecule has 0 radical (unpaired) electrons. The molecular formula is C32H38F3N7O3. The Morgan fingerprint density at radius 2 is 1.87 bits per heavy atom. The van der Waals surface area contributed by atoms with E-state index in [1.54, 1.807) is 26.2 Å². The van der Waals surface area contributed by atoms with Gasteiger partial charge in [0, 0.05) is 74.2 Å². The summed E-state index contributed by atoms with van der Waals surface area (Å²) in [5.74, 6) is 0.715. The highest BCUT2D eigenvalue weighted by Gasteiger charge is 2.34. The van der Waals surface area contributed by atoms with Crippen molar-refractivity contribution in [3.63, 3.8) is 0 Å². The first-order valence-electron chi connectivity index (χ1n) is 14.8. The number of aromatic nitrogens is 3. The molecule has 0 spiro atoms. The van der Waals surface area contributed by atoms with Gasteiger partial charge in [0.2, 0.25) is 0 Å². The highest BCUT2D eigenvalue weighted by atomic mass is 19.4. The lowest BCUT2D eigenvalue weighted by Crippen LogP contribution is -2.49. The normalized spacial score (nSPS) is 15.3. The van der Waals surface area contributed by atoms with Gasteiger partial charge >= 0.3 is 6.18 Å². The molecule has 0 aromatic carbocycles. The van der Waals surface area contributed by atoms with Gasteiger partial charge < -0.3 is 24.8 Å². The minimum absolute atomic E-state index is 0.0436. The zero-order chi connectivity index (χ0) is 32.5. The van der Waals surface area contributed by atoms with Crippen molar-refractivity contribution < 1.29 is 22.7 Å². The summed E-state index contributed by atoms with van der Waals surface area (Å²) in [6.45, 7) is 6.17. The lowest BCUT2D eigenvalue weighted by molar-refractivity contribution is -0.149. The summed E-state index contributed by atoms with van der Waals surface area (Å²) in [5.41, 5.74) is 5.23. The van der Waals surface area contributed by atoms with Crippen molar-refractivity contribution in [3.05, 3.63) is 81.2 Å². The van der Waals surface area contributed by atoms with Gasteiger partial charge in [0.25, 0.3) is 11.5 Å². The maximum absolute atomic E-state index is 13.8.